The molecule has 74 valence electrons. The van der Waals surface area contributed by atoms with Crippen LogP contribution in [0, 0.1) is 17.8 Å². The zero-order valence-corrected chi connectivity index (χ0v) is 8.54. The van der Waals surface area contributed by atoms with Crippen molar-refractivity contribution in [1.82, 2.24) is 0 Å². The summed E-state index contributed by atoms with van der Waals surface area (Å²) >= 11 is 0. The van der Waals surface area contributed by atoms with E-state index in [4.69, 9.17) is 4.74 Å². The zero-order chi connectivity index (χ0) is 9.10. The maximum atomic E-state index is 5.53. The quantitative estimate of drug-likeness (QED) is 0.467. The van der Waals surface area contributed by atoms with Crippen molar-refractivity contribution in [3.63, 3.8) is 0 Å². The van der Waals surface area contributed by atoms with Gasteiger partial charge in [-0.05, 0) is 43.4 Å². The van der Waals surface area contributed by atoms with E-state index >= 15 is 0 Å². The number of ether oxygens (including phenoxy) is 1. The molecule has 0 radical (unpaired) electrons. The smallest absolute Gasteiger partial charge is 0.0468 e. The lowest BCUT2D eigenvalue weighted by Crippen LogP contribution is -2.10. The molecule has 0 saturated heterocycles. The van der Waals surface area contributed by atoms with Crippen molar-refractivity contribution in [3.05, 3.63) is 12.2 Å². The van der Waals surface area contributed by atoms with Crippen LogP contribution in [0.3, 0.4) is 0 Å². The lowest BCUT2D eigenvalue weighted by atomic mass is 9.91. The molecule has 2 aliphatic rings. The predicted molar refractivity (Wildman–Crippen MR) is 54.6 cm³/mol. The molecule has 1 nitrogen and oxygen atoms in total. The zero-order valence-electron chi connectivity index (χ0n) is 8.54. The van der Waals surface area contributed by atoms with Crippen molar-refractivity contribution in [1.29, 1.82) is 0 Å². The summed E-state index contributed by atoms with van der Waals surface area (Å²) in [5, 5.41) is 0. The molecule has 0 amide bonds. The maximum Gasteiger partial charge on any atom is 0.0468 e. The molecule has 13 heavy (non-hydrogen) atoms. The third kappa shape index (κ3) is 2.14. The third-order valence-corrected chi connectivity index (χ3v) is 3.40. The average molecular weight is 180 g/mol. The van der Waals surface area contributed by atoms with E-state index in [1.54, 1.807) is 0 Å². The molecule has 2 rings (SSSR count). The van der Waals surface area contributed by atoms with Gasteiger partial charge in [-0.25, -0.2) is 0 Å². The monoisotopic (exact) mass is 180 g/mol. The highest BCUT2D eigenvalue weighted by atomic mass is 16.5. The van der Waals surface area contributed by atoms with Gasteiger partial charge in [-0.3, -0.25) is 0 Å². The van der Waals surface area contributed by atoms with E-state index < -0.39 is 0 Å². The standard InChI is InChI=1S/C12H20O/c1-2-6-13-7-5-12-9-10-3-4-11(12)8-10/h3-4,10-12H,2,5-9H2,1H3. The highest BCUT2D eigenvalue weighted by Crippen LogP contribution is 2.44. The number of hydrogen-bond donors (Lipinski definition) is 0. The lowest BCUT2D eigenvalue weighted by molar-refractivity contribution is 0.117. The summed E-state index contributed by atoms with van der Waals surface area (Å²) in [4.78, 5) is 0. The Labute approximate surface area is 81.2 Å². The minimum Gasteiger partial charge on any atom is -0.381 e. The molecule has 0 aromatic rings. The molecular formula is C12H20O. The lowest BCUT2D eigenvalue weighted by Gasteiger charge is -2.17. The van der Waals surface area contributed by atoms with Crippen LogP contribution in [0.4, 0.5) is 0 Å². The van der Waals surface area contributed by atoms with Gasteiger partial charge >= 0.3 is 0 Å². The van der Waals surface area contributed by atoms with Gasteiger partial charge in [0.15, 0.2) is 0 Å². The van der Waals surface area contributed by atoms with Crippen LogP contribution in [-0.2, 0) is 4.74 Å². The number of rotatable bonds is 5. The van der Waals surface area contributed by atoms with Gasteiger partial charge in [-0.2, -0.15) is 0 Å². The van der Waals surface area contributed by atoms with E-state index in [9.17, 15) is 0 Å². The number of hydrogen-bond acceptors (Lipinski definition) is 1. The van der Waals surface area contributed by atoms with E-state index in [0.29, 0.717) is 0 Å². The van der Waals surface area contributed by atoms with Gasteiger partial charge < -0.3 is 4.74 Å². The Kier molecular flexibility index (Phi) is 3.05. The molecule has 0 heterocycles. The highest BCUT2D eigenvalue weighted by molar-refractivity contribution is 5.09. The largest absolute Gasteiger partial charge is 0.381 e. The molecular weight excluding hydrogens is 160 g/mol. The molecule has 3 atom stereocenters. The minimum atomic E-state index is 0.898. The van der Waals surface area contributed by atoms with E-state index in [1.807, 2.05) is 0 Å². The summed E-state index contributed by atoms with van der Waals surface area (Å²) in [7, 11) is 0. The molecule has 0 aliphatic heterocycles. The van der Waals surface area contributed by atoms with E-state index in [2.05, 4.69) is 19.1 Å². The van der Waals surface area contributed by atoms with Crippen molar-refractivity contribution in [2.75, 3.05) is 13.2 Å². The average Bonchev–Trinajstić information content (AvgIpc) is 2.73. The number of allylic oxidation sites excluding steroid dienone is 2. The number of fused-ring (bicyclic) bond motifs is 2. The Bertz CT molecular complexity index is 186. The summed E-state index contributed by atoms with van der Waals surface area (Å²) in [5.41, 5.74) is 0. The van der Waals surface area contributed by atoms with E-state index in [1.165, 1.54) is 19.3 Å². The van der Waals surface area contributed by atoms with Crippen LogP contribution >= 0.6 is 0 Å². The minimum absolute atomic E-state index is 0.898. The van der Waals surface area contributed by atoms with Crippen LogP contribution in [0.2, 0.25) is 0 Å². The molecule has 2 bridgehead atoms. The molecule has 1 fully saturated rings. The first kappa shape index (κ1) is 9.26. The third-order valence-electron chi connectivity index (χ3n) is 3.40. The summed E-state index contributed by atoms with van der Waals surface area (Å²) in [5.74, 6) is 2.75. The molecule has 2 aliphatic carbocycles. The van der Waals surface area contributed by atoms with Crippen molar-refractivity contribution in [2.24, 2.45) is 17.8 Å². The van der Waals surface area contributed by atoms with Crippen LogP contribution in [0.15, 0.2) is 12.2 Å². The van der Waals surface area contributed by atoms with Crippen molar-refractivity contribution in [2.45, 2.75) is 32.6 Å². The molecule has 0 N–H and O–H groups in total. The van der Waals surface area contributed by atoms with Crippen LogP contribution in [-0.4, -0.2) is 13.2 Å². The first-order valence-corrected chi connectivity index (χ1v) is 5.66. The molecule has 1 saturated carbocycles. The van der Waals surface area contributed by atoms with Gasteiger partial charge in [0.2, 0.25) is 0 Å². The van der Waals surface area contributed by atoms with Gasteiger partial charge in [-0.1, -0.05) is 19.1 Å². The maximum absolute atomic E-state index is 5.53. The van der Waals surface area contributed by atoms with E-state index in [-0.39, 0.29) is 0 Å². The van der Waals surface area contributed by atoms with Crippen molar-refractivity contribution in [3.8, 4) is 0 Å². The fraction of sp³-hybridized carbons (Fsp3) is 0.833. The molecule has 3 unspecified atom stereocenters. The van der Waals surface area contributed by atoms with Gasteiger partial charge in [-0.15, -0.1) is 0 Å². The Morgan fingerprint density at radius 3 is 2.77 bits per heavy atom. The SMILES string of the molecule is CCCOCCC1CC2C=CC1C2. The second-order valence-electron chi connectivity index (χ2n) is 4.44. The predicted octanol–water partition coefficient (Wildman–Crippen LogP) is 3.02. The van der Waals surface area contributed by atoms with Gasteiger partial charge in [0, 0.05) is 13.2 Å². The van der Waals surface area contributed by atoms with Gasteiger partial charge in [0.1, 0.15) is 0 Å². The molecule has 0 aromatic carbocycles. The molecule has 1 heteroatoms. The fourth-order valence-corrected chi connectivity index (χ4v) is 2.71. The van der Waals surface area contributed by atoms with Gasteiger partial charge in [0.05, 0.1) is 0 Å². The second-order valence-corrected chi connectivity index (χ2v) is 4.44. The van der Waals surface area contributed by atoms with Crippen molar-refractivity contribution < 1.29 is 4.74 Å². The van der Waals surface area contributed by atoms with Crippen LogP contribution < -0.4 is 0 Å². The first-order chi connectivity index (χ1) is 6.40. The van der Waals surface area contributed by atoms with Gasteiger partial charge in [0.25, 0.3) is 0 Å². The topological polar surface area (TPSA) is 9.23 Å². The van der Waals surface area contributed by atoms with Crippen LogP contribution in [0.5, 0.6) is 0 Å². The first-order valence-electron chi connectivity index (χ1n) is 5.66. The Hall–Kier alpha value is -0.300. The summed E-state index contributed by atoms with van der Waals surface area (Å²) in [6, 6.07) is 0. The van der Waals surface area contributed by atoms with E-state index in [0.717, 1.165) is 37.4 Å². The molecule has 0 aromatic heterocycles. The Balaban J connectivity index is 1.64. The fourth-order valence-electron chi connectivity index (χ4n) is 2.71. The Morgan fingerprint density at radius 2 is 2.15 bits per heavy atom. The van der Waals surface area contributed by atoms with Crippen molar-refractivity contribution >= 4 is 0 Å². The summed E-state index contributed by atoms with van der Waals surface area (Å²) in [6.07, 6.45) is 10.1. The normalized spacial score (nSPS) is 35.9. The Morgan fingerprint density at radius 1 is 1.23 bits per heavy atom. The summed E-state index contributed by atoms with van der Waals surface area (Å²) < 4.78 is 5.53. The van der Waals surface area contributed by atoms with Crippen LogP contribution in [0.1, 0.15) is 32.6 Å². The highest BCUT2D eigenvalue weighted by Gasteiger charge is 2.34. The molecule has 0 spiro atoms. The summed E-state index contributed by atoms with van der Waals surface area (Å²) in [6.45, 7) is 4.09. The van der Waals surface area contributed by atoms with Crippen LogP contribution in [0.25, 0.3) is 0 Å². The second kappa shape index (κ2) is 4.28.